The van der Waals surface area contributed by atoms with Crippen molar-refractivity contribution in [2.24, 2.45) is 10.1 Å². The van der Waals surface area contributed by atoms with Gasteiger partial charge in [-0.05, 0) is 0 Å². The van der Waals surface area contributed by atoms with Gasteiger partial charge in [0.15, 0.2) is 0 Å². The summed E-state index contributed by atoms with van der Waals surface area (Å²) in [7, 11) is 0. The molecule has 0 aromatic heterocycles. The van der Waals surface area contributed by atoms with Crippen LogP contribution in [0.4, 0.5) is 0 Å². The van der Waals surface area contributed by atoms with Gasteiger partial charge in [-0.25, -0.2) is 0 Å². The van der Waals surface area contributed by atoms with Gasteiger partial charge < -0.3 is 10.2 Å². The van der Waals surface area contributed by atoms with E-state index in [4.69, 9.17) is 4.84 Å². The largest absolute Gasteiger partial charge is 0.395 e. The molecule has 1 aliphatic heterocycles. The fourth-order valence-electron chi connectivity index (χ4n) is 0.943. The highest BCUT2D eigenvalue weighted by molar-refractivity contribution is 5.92. The molecule has 1 rings (SSSR count). The van der Waals surface area contributed by atoms with Crippen molar-refractivity contribution in [3.05, 3.63) is 0 Å². The number of nitrogens with one attached hydrogen (secondary N) is 1. The molecule has 0 aliphatic carbocycles. The standard InChI is InChI=1S/C10H15N3O.ClH/c1-2-3-4-5-6-14-13-10-7-11-9-12-8-10;/h9H,2,5-8H2,1H3,(H,11,12);1H. The summed E-state index contributed by atoms with van der Waals surface area (Å²) in [5.41, 5.74) is 0.927. The molecule has 0 saturated carbocycles. The summed E-state index contributed by atoms with van der Waals surface area (Å²) < 4.78 is 0. The predicted octanol–water partition coefficient (Wildman–Crippen LogP) is 1.22. The molecule has 0 bridgehead atoms. The maximum absolute atomic E-state index is 5.09. The van der Waals surface area contributed by atoms with Gasteiger partial charge in [-0.15, -0.1) is 18.3 Å². The molecular formula is C10H16ClN3O. The molecule has 0 radical (unpaired) electrons. The molecule has 1 heterocycles. The number of rotatable bonds is 3. The predicted molar refractivity (Wildman–Crippen MR) is 64.7 cm³/mol. The van der Waals surface area contributed by atoms with Gasteiger partial charge in [-0.1, -0.05) is 18.0 Å². The van der Waals surface area contributed by atoms with E-state index in [2.05, 4.69) is 27.3 Å². The van der Waals surface area contributed by atoms with E-state index in [0.717, 1.165) is 25.1 Å². The topological polar surface area (TPSA) is 46.0 Å². The van der Waals surface area contributed by atoms with E-state index < -0.39 is 0 Å². The van der Waals surface area contributed by atoms with Gasteiger partial charge in [0.25, 0.3) is 0 Å². The molecule has 0 amide bonds. The molecule has 0 saturated heterocycles. The van der Waals surface area contributed by atoms with E-state index in [1.165, 1.54) is 0 Å². The van der Waals surface area contributed by atoms with E-state index >= 15 is 0 Å². The Morgan fingerprint density at radius 3 is 3.13 bits per heavy atom. The molecule has 84 valence electrons. The Balaban J connectivity index is 0.00000196. The van der Waals surface area contributed by atoms with Crippen LogP contribution in [0.3, 0.4) is 0 Å². The fraction of sp³-hybridized carbons (Fsp3) is 0.600. The van der Waals surface area contributed by atoms with E-state index in [-0.39, 0.29) is 12.4 Å². The first kappa shape index (κ1) is 13.8. The maximum Gasteiger partial charge on any atom is 0.128 e. The number of aliphatic imine (C=N–C) groups is 1. The van der Waals surface area contributed by atoms with Crippen LogP contribution in [0.5, 0.6) is 0 Å². The average molecular weight is 230 g/mol. The molecule has 1 aliphatic rings. The van der Waals surface area contributed by atoms with Crippen LogP contribution in [0.25, 0.3) is 0 Å². The van der Waals surface area contributed by atoms with Crippen LogP contribution >= 0.6 is 12.4 Å². The zero-order chi connectivity index (χ0) is 10.1. The van der Waals surface area contributed by atoms with E-state index in [1.54, 1.807) is 6.34 Å². The van der Waals surface area contributed by atoms with Crippen molar-refractivity contribution in [2.45, 2.75) is 19.8 Å². The highest BCUT2D eigenvalue weighted by atomic mass is 35.5. The first-order valence-corrected chi connectivity index (χ1v) is 4.78. The van der Waals surface area contributed by atoms with Crippen LogP contribution < -0.4 is 5.32 Å². The number of nitrogens with zero attached hydrogens (tertiary/aromatic N) is 2. The highest BCUT2D eigenvalue weighted by Gasteiger charge is 2.01. The maximum atomic E-state index is 5.09. The highest BCUT2D eigenvalue weighted by Crippen LogP contribution is 1.88. The van der Waals surface area contributed by atoms with Crippen LogP contribution in [0, 0.1) is 11.8 Å². The lowest BCUT2D eigenvalue weighted by atomic mass is 10.3. The summed E-state index contributed by atoms with van der Waals surface area (Å²) >= 11 is 0. The molecular weight excluding hydrogens is 214 g/mol. The minimum Gasteiger partial charge on any atom is -0.395 e. The number of hydrogen-bond donors (Lipinski definition) is 1. The Kier molecular flexibility index (Phi) is 8.59. The first-order valence-electron chi connectivity index (χ1n) is 4.78. The smallest absolute Gasteiger partial charge is 0.128 e. The van der Waals surface area contributed by atoms with Gasteiger partial charge in [0.05, 0.1) is 25.1 Å². The monoisotopic (exact) mass is 229 g/mol. The van der Waals surface area contributed by atoms with Crippen molar-refractivity contribution in [1.29, 1.82) is 0 Å². The Labute approximate surface area is 96.6 Å². The fourth-order valence-corrected chi connectivity index (χ4v) is 0.943. The third-order valence-electron chi connectivity index (χ3n) is 1.58. The van der Waals surface area contributed by atoms with Gasteiger partial charge >= 0.3 is 0 Å². The van der Waals surface area contributed by atoms with Crippen molar-refractivity contribution < 1.29 is 4.84 Å². The Hall–Kier alpha value is -1.21. The van der Waals surface area contributed by atoms with Crippen molar-refractivity contribution >= 4 is 24.5 Å². The molecule has 0 fully saturated rings. The Morgan fingerprint density at radius 2 is 2.47 bits per heavy atom. The van der Waals surface area contributed by atoms with Crippen molar-refractivity contribution in [2.75, 3.05) is 19.7 Å². The van der Waals surface area contributed by atoms with Crippen LogP contribution in [0.1, 0.15) is 19.8 Å². The van der Waals surface area contributed by atoms with Gasteiger partial charge in [0, 0.05) is 12.8 Å². The molecule has 5 heteroatoms. The number of oxime groups is 1. The zero-order valence-corrected chi connectivity index (χ0v) is 9.64. The van der Waals surface area contributed by atoms with Crippen LogP contribution in [-0.2, 0) is 4.84 Å². The van der Waals surface area contributed by atoms with Gasteiger partial charge in [-0.3, -0.25) is 4.99 Å². The van der Waals surface area contributed by atoms with Crippen molar-refractivity contribution in [1.82, 2.24) is 5.32 Å². The molecule has 0 unspecified atom stereocenters. The summed E-state index contributed by atoms with van der Waals surface area (Å²) in [5, 5.41) is 6.92. The SMILES string of the molecule is CCC#CCCO/N=C1/CN=CNC1.Cl. The Morgan fingerprint density at radius 1 is 1.60 bits per heavy atom. The average Bonchev–Trinajstić information content (AvgIpc) is 2.25. The lowest BCUT2D eigenvalue weighted by Crippen LogP contribution is -2.28. The molecule has 1 N–H and O–H groups in total. The van der Waals surface area contributed by atoms with E-state index in [9.17, 15) is 0 Å². The van der Waals surface area contributed by atoms with E-state index in [1.807, 2.05) is 6.92 Å². The molecule has 15 heavy (non-hydrogen) atoms. The third kappa shape index (κ3) is 6.81. The minimum absolute atomic E-state index is 0. The van der Waals surface area contributed by atoms with Crippen LogP contribution in [0.15, 0.2) is 10.1 Å². The molecule has 0 aromatic rings. The normalized spacial score (nSPS) is 15.9. The van der Waals surface area contributed by atoms with Crippen LogP contribution in [0.2, 0.25) is 0 Å². The third-order valence-corrected chi connectivity index (χ3v) is 1.58. The summed E-state index contributed by atoms with van der Waals surface area (Å²) in [6.07, 6.45) is 3.32. The molecule has 0 spiro atoms. The van der Waals surface area contributed by atoms with Crippen molar-refractivity contribution in [3.8, 4) is 11.8 Å². The Bertz CT molecular complexity index is 278. The second kappa shape index (κ2) is 9.35. The van der Waals surface area contributed by atoms with Crippen LogP contribution in [-0.4, -0.2) is 31.7 Å². The van der Waals surface area contributed by atoms with Gasteiger partial charge in [-0.2, -0.15) is 0 Å². The lowest BCUT2D eigenvalue weighted by Gasteiger charge is -2.07. The summed E-state index contributed by atoms with van der Waals surface area (Å²) in [4.78, 5) is 9.10. The second-order valence-corrected chi connectivity index (χ2v) is 2.80. The van der Waals surface area contributed by atoms with E-state index in [0.29, 0.717) is 13.2 Å². The quantitative estimate of drug-likeness (QED) is 0.449. The molecule has 0 aromatic carbocycles. The summed E-state index contributed by atoms with van der Waals surface area (Å²) in [6.45, 7) is 3.94. The number of halogens is 1. The second-order valence-electron chi connectivity index (χ2n) is 2.80. The van der Waals surface area contributed by atoms with Gasteiger partial charge in [0.2, 0.25) is 0 Å². The molecule has 4 nitrogen and oxygen atoms in total. The van der Waals surface area contributed by atoms with Gasteiger partial charge in [0.1, 0.15) is 6.61 Å². The minimum atomic E-state index is 0. The van der Waals surface area contributed by atoms with Crippen molar-refractivity contribution in [3.63, 3.8) is 0 Å². The lowest BCUT2D eigenvalue weighted by molar-refractivity contribution is 0.149. The molecule has 0 atom stereocenters. The summed E-state index contributed by atoms with van der Waals surface area (Å²) in [5.74, 6) is 5.96. The first-order chi connectivity index (χ1) is 6.93. The number of hydrogen-bond acceptors (Lipinski definition) is 4. The zero-order valence-electron chi connectivity index (χ0n) is 8.82. The summed E-state index contributed by atoms with van der Waals surface area (Å²) in [6, 6.07) is 0.